The van der Waals surface area contributed by atoms with E-state index in [0.717, 1.165) is 25.2 Å². The predicted molar refractivity (Wildman–Crippen MR) is 80.6 cm³/mol. The number of nitrogens with zero attached hydrogens (tertiary/aromatic N) is 2. The number of unbranched alkanes of at least 4 members (excludes halogenated alkanes) is 1. The SMILES string of the molecule is Cc1nccn1CCCCOC(=O)c1ccc(F)cc1Br. The maximum atomic E-state index is 12.9. The van der Waals surface area contributed by atoms with Crippen LogP contribution in [0.3, 0.4) is 0 Å². The highest BCUT2D eigenvalue weighted by atomic mass is 79.9. The molecule has 0 aliphatic rings. The molecular weight excluding hydrogens is 339 g/mol. The van der Waals surface area contributed by atoms with E-state index in [2.05, 4.69) is 25.5 Å². The zero-order valence-corrected chi connectivity index (χ0v) is 13.3. The molecule has 112 valence electrons. The first-order valence-corrected chi connectivity index (χ1v) is 7.47. The Hall–Kier alpha value is -1.69. The van der Waals surface area contributed by atoms with E-state index in [1.807, 2.05) is 13.1 Å². The Balaban J connectivity index is 1.73. The van der Waals surface area contributed by atoms with Gasteiger partial charge in [-0.05, 0) is 53.9 Å². The third-order valence-corrected chi connectivity index (χ3v) is 3.76. The highest BCUT2D eigenvalue weighted by molar-refractivity contribution is 9.10. The molecule has 0 atom stereocenters. The predicted octanol–water partition coefficient (Wildman–Crippen LogP) is 3.73. The monoisotopic (exact) mass is 354 g/mol. The van der Waals surface area contributed by atoms with Crippen LogP contribution in [0, 0.1) is 12.7 Å². The molecule has 6 heteroatoms. The first-order valence-electron chi connectivity index (χ1n) is 6.68. The van der Waals surface area contributed by atoms with Gasteiger partial charge in [0.25, 0.3) is 0 Å². The maximum absolute atomic E-state index is 12.9. The third kappa shape index (κ3) is 4.39. The second-order valence-corrected chi connectivity index (χ2v) is 5.49. The number of hydrogen-bond acceptors (Lipinski definition) is 3. The Bertz CT molecular complexity index is 628. The lowest BCUT2D eigenvalue weighted by Crippen LogP contribution is -2.08. The molecule has 1 heterocycles. The highest BCUT2D eigenvalue weighted by Gasteiger charge is 2.11. The topological polar surface area (TPSA) is 44.1 Å². The van der Waals surface area contributed by atoms with Crippen LogP contribution in [0.5, 0.6) is 0 Å². The summed E-state index contributed by atoms with van der Waals surface area (Å²) < 4.78 is 20.6. The molecule has 0 bridgehead atoms. The average Bonchev–Trinajstić information content (AvgIpc) is 2.83. The summed E-state index contributed by atoms with van der Waals surface area (Å²) in [4.78, 5) is 16.0. The van der Waals surface area contributed by atoms with Crippen molar-refractivity contribution in [3.8, 4) is 0 Å². The molecule has 0 saturated carbocycles. The molecule has 0 N–H and O–H groups in total. The molecule has 2 rings (SSSR count). The summed E-state index contributed by atoms with van der Waals surface area (Å²) in [5, 5.41) is 0. The van der Waals surface area contributed by atoms with E-state index in [9.17, 15) is 9.18 Å². The van der Waals surface area contributed by atoms with Gasteiger partial charge in [-0.2, -0.15) is 0 Å². The molecule has 2 aromatic rings. The second-order valence-electron chi connectivity index (χ2n) is 4.64. The van der Waals surface area contributed by atoms with Crippen LogP contribution in [0.2, 0.25) is 0 Å². The van der Waals surface area contributed by atoms with Gasteiger partial charge in [-0.1, -0.05) is 0 Å². The number of imidazole rings is 1. The van der Waals surface area contributed by atoms with Gasteiger partial charge in [0.15, 0.2) is 0 Å². The number of benzene rings is 1. The first-order chi connectivity index (χ1) is 10.1. The number of esters is 1. The van der Waals surface area contributed by atoms with Crippen molar-refractivity contribution in [2.45, 2.75) is 26.3 Å². The van der Waals surface area contributed by atoms with Crippen molar-refractivity contribution < 1.29 is 13.9 Å². The molecule has 0 amide bonds. The normalized spacial score (nSPS) is 10.6. The number of rotatable bonds is 6. The van der Waals surface area contributed by atoms with Gasteiger partial charge < -0.3 is 9.30 Å². The van der Waals surface area contributed by atoms with Crippen molar-refractivity contribution in [1.29, 1.82) is 0 Å². The number of hydrogen-bond donors (Lipinski definition) is 0. The summed E-state index contributed by atoms with van der Waals surface area (Å²) in [7, 11) is 0. The Morgan fingerprint density at radius 3 is 2.90 bits per heavy atom. The fourth-order valence-corrected chi connectivity index (χ4v) is 2.43. The van der Waals surface area contributed by atoms with Crippen LogP contribution in [-0.4, -0.2) is 22.1 Å². The van der Waals surface area contributed by atoms with Crippen LogP contribution in [-0.2, 0) is 11.3 Å². The van der Waals surface area contributed by atoms with E-state index in [1.165, 1.54) is 18.2 Å². The summed E-state index contributed by atoms with van der Waals surface area (Å²) in [5.41, 5.74) is 0.335. The van der Waals surface area contributed by atoms with Gasteiger partial charge in [0, 0.05) is 23.4 Å². The average molecular weight is 355 g/mol. The van der Waals surface area contributed by atoms with Crippen LogP contribution >= 0.6 is 15.9 Å². The minimum absolute atomic E-state index is 0.335. The van der Waals surface area contributed by atoms with Gasteiger partial charge in [-0.3, -0.25) is 0 Å². The molecule has 0 radical (unpaired) electrons. The fourth-order valence-electron chi connectivity index (χ4n) is 1.92. The Labute approximate surface area is 131 Å². The van der Waals surface area contributed by atoms with Crippen molar-refractivity contribution in [3.63, 3.8) is 0 Å². The van der Waals surface area contributed by atoms with Gasteiger partial charge in [0.05, 0.1) is 12.2 Å². The molecule has 21 heavy (non-hydrogen) atoms. The first kappa shape index (κ1) is 15.7. The Morgan fingerprint density at radius 2 is 2.24 bits per heavy atom. The Morgan fingerprint density at radius 1 is 1.43 bits per heavy atom. The fraction of sp³-hybridized carbons (Fsp3) is 0.333. The summed E-state index contributed by atoms with van der Waals surface area (Å²) in [5.74, 6) is 0.136. The van der Waals surface area contributed by atoms with E-state index in [-0.39, 0.29) is 0 Å². The zero-order chi connectivity index (χ0) is 15.2. The van der Waals surface area contributed by atoms with Crippen LogP contribution < -0.4 is 0 Å². The van der Waals surface area contributed by atoms with Gasteiger partial charge >= 0.3 is 5.97 Å². The largest absolute Gasteiger partial charge is 0.462 e. The summed E-state index contributed by atoms with van der Waals surface area (Å²) in [6.45, 7) is 3.14. The van der Waals surface area contributed by atoms with Crippen LogP contribution in [0.1, 0.15) is 29.0 Å². The van der Waals surface area contributed by atoms with E-state index in [1.54, 1.807) is 6.20 Å². The van der Waals surface area contributed by atoms with E-state index in [4.69, 9.17) is 4.74 Å². The standard InChI is InChI=1S/C15H16BrFN2O2/c1-11-18-6-8-19(11)7-2-3-9-21-15(20)13-5-4-12(17)10-14(13)16/h4-6,8,10H,2-3,7,9H2,1H3. The van der Waals surface area contributed by atoms with E-state index < -0.39 is 11.8 Å². The summed E-state index contributed by atoms with van der Waals surface area (Å²) in [6, 6.07) is 3.90. The van der Waals surface area contributed by atoms with Crippen molar-refractivity contribution in [2.75, 3.05) is 6.61 Å². The summed E-state index contributed by atoms with van der Waals surface area (Å²) >= 11 is 3.15. The molecule has 1 aromatic carbocycles. The minimum Gasteiger partial charge on any atom is -0.462 e. The van der Waals surface area contributed by atoms with Crippen molar-refractivity contribution in [3.05, 3.63) is 52.3 Å². The molecule has 0 spiro atoms. The molecule has 0 unspecified atom stereocenters. The summed E-state index contributed by atoms with van der Waals surface area (Å²) in [6.07, 6.45) is 5.36. The van der Waals surface area contributed by atoms with Crippen LogP contribution in [0.25, 0.3) is 0 Å². The van der Waals surface area contributed by atoms with E-state index in [0.29, 0.717) is 16.6 Å². The number of halogens is 2. The number of ether oxygens (including phenoxy) is 1. The van der Waals surface area contributed by atoms with Crippen LogP contribution in [0.15, 0.2) is 35.1 Å². The van der Waals surface area contributed by atoms with Crippen molar-refractivity contribution in [1.82, 2.24) is 9.55 Å². The van der Waals surface area contributed by atoms with Crippen molar-refractivity contribution in [2.24, 2.45) is 0 Å². The third-order valence-electron chi connectivity index (χ3n) is 3.10. The lowest BCUT2D eigenvalue weighted by Gasteiger charge is -2.07. The lowest BCUT2D eigenvalue weighted by atomic mass is 10.2. The molecule has 0 aliphatic heterocycles. The van der Waals surface area contributed by atoms with Crippen molar-refractivity contribution >= 4 is 21.9 Å². The quantitative estimate of drug-likeness (QED) is 0.586. The molecule has 0 aliphatic carbocycles. The lowest BCUT2D eigenvalue weighted by molar-refractivity contribution is 0.0496. The highest BCUT2D eigenvalue weighted by Crippen LogP contribution is 2.19. The van der Waals surface area contributed by atoms with E-state index >= 15 is 0 Å². The Kier molecular flexibility index (Phi) is 5.50. The second kappa shape index (κ2) is 7.36. The minimum atomic E-state index is -0.444. The van der Waals surface area contributed by atoms with Gasteiger partial charge in [0.1, 0.15) is 11.6 Å². The molecule has 0 saturated heterocycles. The number of aromatic nitrogens is 2. The molecule has 0 fully saturated rings. The molecule has 1 aromatic heterocycles. The maximum Gasteiger partial charge on any atom is 0.339 e. The van der Waals surface area contributed by atoms with Gasteiger partial charge in [0.2, 0.25) is 0 Å². The van der Waals surface area contributed by atoms with Crippen LogP contribution in [0.4, 0.5) is 4.39 Å². The number of carbonyl (C=O) groups is 1. The molecular formula is C15H16BrFN2O2. The van der Waals surface area contributed by atoms with Gasteiger partial charge in [-0.15, -0.1) is 0 Å². The van der Waals surface area contributed by atoms with Gasteiger partial charge in [-0.25, -0.2) is 14.2 Å². The molecule has 4 nitrogen and oxygen atoms in total. The number of carbonyl (C=O) groups excluding carboxylic acids is 1. The smallest absolute Gasteiger partial charge is 0.339 e. The number of aryl methyl sites for hydroxylation is 2. The zero-order valence-electron chi connectivity index (χ0n) is 11.7.